The van der Waals surface area contributed by atoms with Crippen LogP contribution in [0.25, 0.3) is 0 Å². The lowest BCUT2D eigenvalue weighted by molar-refractivity contribution is 0.0543. The molecule has 2 nitrogen and oxygen atoms in total. The van der Waals surface area contributed by atoms with E-state index in [1.165, 1.54) is 64.2 Å². The molecule has 0 spiro atoms. The summed E-state index contributed by atoms with van der Waals surface area (Å²) in [4.78, 5) is 2.55. The third-order valence-corrected chi connectivity index (χ3v) is 5.03. The molecular weight excluding hydrogens is 210 g/mol. The Labute approximate surface area is 106 Å². The summed E-state index contributed by atoms with van der Waals surface area (Å²) in [6.45, 7) is 1.51. The summed E-state index contributed by atoms with van der Waals surface area (Å²) in [5, 5.41) is 9.83. The van der Waals surface area contributed by atoms with E-state index in [1.807, 2.05) is 0 Å². The highest BCUT2D eigenvalue weighted by Crippen LogP contribution is 2.36. The van der Waals surface area contributed by atoms with Crippen molar-refractivity contribution in [2.45, 2.75) is 70.3 Å². The molecule has 100 valence electrons. The summed E-state index contributed by atoms with van der Waals surface area (Å²) in [6, 6.07) is 0.793. The Morgan fingerprint density at radius 1 is 1.00 bits per heavy atom. The number of rotatable bonds is 4. The van der Waals surface area contributed by atoms with Gasteiger partial charge in [0.05, 0.1) is 0 Å². The largest absolute Gasteiger partial charge is 0.396 e. The molecule has 2 aliphatic carbocycles. The molecule has 0 aromatic carbocycles. The van der Waals surface area contributed by atoms with Crippen molar-refractivity contribution < 1.29 is 5.11 Å². The summed E-state index contributed by atoms with van der Waals surface area (Å²) in [6.07, 6.45) is 13.4. The zero-order valence-electron chi connectivity index (χ0n) is 11.5. The van der Waals surface area contributed by atoms with Crippen molar-refractivity contribution in [1.29, 1.82) is 0 Å². The van der Waals surface area contributed by atoms with E-state index >= 15 is 0 Å². The molecule has 2 aliphatic rings. The molecule has 0 amide bonds. The summed E-state index contributed by atoms with van der Waals surface area (Å²) < 4.78 is 0. The highest BCUT2D eigenvalue weighted by Gasteiger charge is 2.33. The van der Waals surface area contributed by atoms with Crippen molar-refractivity contribution in [3.05, 3.63) is 0 Å². The first kappa shape index (κ1) is 13.4. The summed E-state index contributed by atoms with van der Waals surface area (Å²) in [5.74, 6) is 0. The molecule has 2 saturated carbocycles. The van der Waals surface area contributed by atoms with Crippen molar-refractivity contribution in [2.75, 3.05) is 20.2 Å². The van der Waals surface area contributed by atoms with Crippen LogP contribution < -0.4 is 0 Å². The third-order valence-electron chi connectivity index (χ3n) is 5.03. The zero-order valence-corrected chi connectivity index (χ0v) is 11.5. The summed E-state index contributed by atoms with van der Waals surface area (Å²) in [7, 11) is 2.28. The van der Waals surface area contributed by atoms with E-state index in [1.54, 1.807) is 0 Å². The lowest BCUT2D eigenvalue weighted by Gasteiger charge is -2.37. The predicted molar refractivity (Wildman–Crippen MR) is 72.1 cm³/mol. The quantitative estimate of drug-likeness (QED) is 0.762. The van der Waals surface area contributed by atoms with E-state index < -0.39 is 0 Å². The Kier molecular flexibility index (Phi) is 4.87. The smallest absolute Gasteiger partial charge is 0.0499 e. The van der Waals surface area contributed by atoms with Crippen molar-refractivity contribution in [3.63, 3.8) is 0 Å². The molecule has 2 rings (SSSR count). The van der Waals surface area contributed by atoms with Gasteiger partial charge < -0.3 is 10.0 Å². The zero-order chi connectivity index (χ0) is 12.1. The lowest BCUT2D eigenvalue weighted by Crippen LogP contribution is -2.42. The molecule has 0 aliphatic heterocycles. The molecule has 0 saturated heterocycles. The van der Waals surface area contributed by atoms with Gasteiger partial charge in [-0.25, -0.2) is 0 Å². The number of nitrogens with zero attached hydrogens (tertiary/aromatic N) is 1. The minimum atomic E-state index is 0.216. The number of hydrogen-bond donors (Lipinski definition) is 1. The third kappa shape index (κ3) is 3.45. The Hall–Kier alpha value is -0.0800. The van der Waals surface area contributed by atoms with Crippen LogP contribution in [0.1, 0.15) is 64.2 Å². The SMILES string of the molecule is CN(CC1(CO)CCCCCC1)C1CCCC1. The first-order valence-corrected chi connectivity index (χ1v) is 7.57. The molecule has 0 unspecified atom stereocenters. The first-order valence-electron chi connectivity index (χ1n) is 7.57. The first-order chi connectivity index (χ1) is 8.26. The lowest BCUT2D eigenvalue weighted by atomic mass is 9.80. The maximum Gasteiger partial charge on any atom is 0.0499 e. The Morgan fingerprint density at radius 2 is 1.59 bits per heavy atom. The molecule has 0 radical (unpaired) electrons. The molecule has 2 heteroatoms. The monoisotopic (exact) mass is 239 g/mol. The van der Waals surface area contributed by atoms with Gasteiger partial charge in [-0.05, 0) is 32.7 Å². The van der Waals surface area contributed by atoms with Gasteiger partial charge in [0.2, 0.25) is 0 Å². The van der Waals surface area contributed by atoms with Gasteiger partial charge in [-0.2, -0.15) is 0 Å². The number of aliphatic hydroxyl groups is 1. The van der Waals surface area contributed by atoms with E-state index in [0.717, 1.165) is 12.6 Å². The van der Waals surface area contributed by atoms with Crippen LogP contribution in [-0.2, 0) is 0 Å². The van der Waals surface area contributed by atoms with Crippen LogP contribution >= 0.6 is 0 Å². The second-order valence-electron chi connectivity index (χ2n) is 6.43. The van der Waals surface area contributed by atoms with Crippen LogP contribution in [0.3, 0.4) is 0 Å². The van der Waals surface area contributed by atoms with Gasteiger partial charge in [0.15, 0.2) is 0 Å². The van der Waals surface area contributed by atoms with E-state index in [2.05, 4.69) is 11.9 Å². The molecule has 0 aromatic heterocycles. The maximum atomic E-state index is 9.83. The fraction of sp³-hybridized carbons (Fsp3) is 1.00. The summed E-state index contributed by atoms with van der Waals surface area (Å²) in [5.41, 5.74) is 0.216. The molecule has 0 atom stereocenters. The fourth-order valence-corrected chi connectivity index (χ4v) is 3.85. The van der Waals surface area contributed by atoms with E-state index in [-0.39, 0.29) is 5.41 Å². The van der Waals surface area contributed by atoms with Gasteiger partial charge >= 0.3 is 0 Å². The topological polar surface area (TPSA) is 23.5 Å². The Balaban J connectivity index is 1.92. The van der Waals surface area contributed by atoms with Gasteiger partial charge in [0, 0.05) is 24.6 Å². The van der Waals surface area contributed by atoms with Crippen molar-refractivity contribution in [1.82, 2.24) is 4.90 Å². The number of aliphatic hydroxyl groups excluding tert-OH is 1. The van der Waals surface area contributed by atoms with Gasteiger partial charge in [-0.15, -0.1) is 0 Å². The summed E-state index contributed by atoms with van der Waals surface area (Å²) >= 11 is 0. The molecular formula is C15H29NO. The molecule has 2 fully saturated rings. The van der Waals surface area contributed by atoms with Gasteiger partial charge in [-0.1, -0.05) is 38.5 Å². The second kappa shape index (κ2) is 6.19. The highest BCUT2D eigenvalue weighted by molar-refractivity contribution is 4.86. The fourth-order valence-electron chi connectivity index (χ4n) is 3.85. The highest BCUT2D eigenvalue weighted by atomic mass is 16.3. The van der Waals surface area contributed by atoms with Crippen molar-refractivity contribution in [3.8, 4) is 0 Å². The predicted octanol–water partition coefficient (Wildman–Crippen LogP) is 3.19. The molecule has 0 aromatic rings. The molecule has 0 heterocycles. The maximum absolute atomic E-state index is 9.83. The normalized spacial score (nSPS) is 26.3. The average molecular weight is 239 g/mol. The molecule has 17 heavy (non-hydrogen) atoms. The van der Waals surface area contributed by atoms with Crippen LogP contribution in [-0.4, -0.2) is 36.2 Å². The van der Waals surface area contributed by atoms with Gasteiger partial charge in [0.25, 0.3) is 0 Å². The average Bonchev–Trinajstić information content (AvgIpc) is 2.78. The van der Waals surface area contributed by atoms with Crippen molar-refractivity contribution in [2.24, 2.45) is 5.41 Å². The van der Waals surface area contributed by atoms with Crippen LogP contribution in [0.2, 0.25) is 0 Å². The standard InChI is InChI=1S/C15H29NO/c1-16(14-8-4-5-9-14)12-15(13-17)10-6-2-3-7-11-15/h14,17H,2-13H2,1H3. The van der Waals surface area contributed by atoms with Crippen molar-refractivity contribution >= 4 is 0 Å². The molecule has 0 bridgehead atoms. The van der Waals surface area contributed by atoms with E-state index in [4.69, 9.17) is 0 Å². The molecule has 1 N–H and O–H groups in total. The Morgan fingerprint density at radius 3 is 2.12 bits per heavy atom. The van der Waals surface area contributed by atoms with Gasteiger partial charge in [-0.3, -0.25) is 0 Å². The van der Waals surface area contributed by atoms with Crippen LogP contribution in [0.5, 0.6) is 0 Å². The minimum Gasteiger partial charge on any atom is -0.396 e. The number of hydrogen-bond acceptors (Lipinski definition) is 2. The minimum absolute atomic E-state index is 0.216. The van der Waals surface area contributed by atoms with Crippen LogP contribution in [0.4, 0.5) is 0 Å². The van der Waals surface area contributed by atoms with E-state index in [9.17, 15) is 5.11 Å². The van der Waals surface area contributed by atoms with E-state index in [0.29, 0.717) is 6.61 Å². The second-order valence-corrected chi connectivity index (χ2v) is 6.43. The van der Waals surface area contributed by atoms with Crippen LogP contribution in [0, 0.1) is 5.41 Å². The van der Waals surface area contributed by atoms with Gasteiger partial charge in [0.1, 0.15) is 0 Å². The van der Waals surface area contributed by atoms with Crippen LogP contribution in [0.15, 0.2) is 0 Å². The Bertz CT molecular complexity index is 215.